The molecule has 3 heteroatoms. The maximum atomic E-state index is 9.56. The predicted molar refractivity (Wildman–Crippen MR) is 78.7 cm³/mol. The number of benzene rings is 2. The van der Waals surface area contributed by atoms with E-state index in [0.717, 1.165) is 31.4 Å². The van der Waals surface area contributed by atoms with E-state index in [0.29, 0.717) is 17.5 Å². The Balaban J connectivity index is 1.71. The zero-order chi connectivity index (χ0) is 13.9. The molecule has 0 heterocycles. The van der Waals surface area contributed by atoms with Gasteiger partial charge in [-0.05, 0) is 60.2 Å². The van der Waals surface area contributed by atoms with Crippen molar-refractivity contribution in [2.24, 2.45) is 0 Å². The molecule has 0 spiro atoms. The van der Waals surface area contributed by atoms with Gasteiger partial charge < -0.3 is 15.5 Å². The second kappa shape index (κ2) is 5.55. The SMILES string of the molecule is Oc1ccc(CNC2CCCc3cc(O)ccc32)cc1. The molecule has 2 aromatic rings. The molecule has 0 bridgehead atoms. The predicted octanol–water partition coefficient (Wildman–Crippen LogP) is 3.27. The van der Waals surface area contributed by atoms with Gasteiger partial charge in [0, 0.05) is 12.6 Å². The van der Waals surface area contributed by atoms with Gasteiger partial charge >= 0.3 is 0 Å². The molecule has 2 aromatic carbocycles. The molecular formula is C17H19NO2. The Morgan fingerprint density at radius 3 is 2.55 bits per heavy atom. The first-order chi connectivity index (χ1) is 9.72. The summed E-state index contributed by atoms with van der Waals surface area (Å²) in [6, 6.07) is 13.3. The summed E-state index contributed by atoms with van der Waals surface area (Å²) in [4.78, 5) is 0. The van der Waals surface area contributed by atoms with Crippen LogP contribution in [0.1, 0.15) is 35.6 Å². The second-order valence-electron chi connectivity index (χ2n) is 5.38. The molecule has 0 saturated carbocycles. The van der Waals surface area contributed by atoms with Crippen molar-refractivity contribution < 1.29 is 10.2 Å². The molecule has 104 valence electrons. The van der Waals surface area contributed by atoms with Crippen LogP contribution in [0.5, 0.6) is 11.5 Å². The average molecular weight is 269 g/mol. The van der Waals surface area contributed by atoms with Crippen LogP contribution in [0.4, 0.5) is 0 Å². The van der Waals surface area contributed by atoms with Crippen LogP contribution in [0.2, 0.25) is 0 Å². The lowest BCUT2D eigenvalue weighted by Gasteiger charge is -2.26. The summed E-state index contributed by atoms with van der Waals surface area (Å²) < 4.78 is 0. The third-order valence-corrected chi connectivity index (χ3v) is 3.93. The Labute approximate surface area is 118 Å². The van der Waals surface area contributed by atoms with Crippen molar-refractivity contribution >= 4 is 0 Å². The van der Waals surface area contributed by atoms with E-state index < -0.39 is 0 Å². The fourth-order valence-electron chi connectivity index (χ4n) is 2.87. The molecule has 0 saturated heterocycles. The zero-order valence-electron chi connectivity index (χ0n) is 11.3. The van der Waals surface area contributed by atoms with Crippen LogP contribution in [-0.4, -0.2) is 10.2 Å². The number of hydrogen-bond acceptors (Lipinski definition) is 3. The minimum atomic E-state index is 0.298. The first-order valence-corrected chi connectivity index (χ1v) is 7.05. The summed E-state index contributed by atoms with van der Waals surface area (Å²) in [5, 5.41) is 22.4. The summed E-state index contributed by atoms with van der Waals surface area (Å²) in [6.45, 7) is 0.783. The Bertz CT molecular complexity index is 592. The number of phenolic OH excluding ortho intramolecular Hbond substituents is 2. The summed E-state index contributed by atoms with van der Waals surface area (Å²) >= 11 is 0. The van der Waals surface area contributed by atoms with Gasteiger partial charge in [-0.3, -0.25) is 0 Å². The first-order valence-electron chi connectivity index (χ1n) is 7.05. The van der Waals surface area contributed by atoms with E-state index in [1.165, 1.54) is 11.1 Å². The van der Waals surface area contributed by atoms with Gasteiger partial charge in [-0.25, -0.2) is 0 Å². The first kappa shape index (κ1) is 13.0. The zero-order valence-corrected chi connectivity index (χ0v) is 11.3. The molecule has 3 nitrogen and oxygen atoms in total. The van der Waals surface area contributed by atoms with E-state index in [-0.39, 0.29) is 0 Å². The lowest BCUT2D eigenvalue weighted by Crippen LogP contribution is -2.24. The quantitative estimate of drug-likeness (QED) is 0.801. The number of fused-ring (bicyclic) bond motifs is 1. The normalized spacial score (nSPS) is 17.7. The van der Waals surface area contributed by atoms with E-state index in [1.54, 1.807) is 18.2 Å². The van der Waals surface area contributed by atoms with Crippen LogP contribution in [-0.2, 0) is 13.0 Å². The van der Waals surface area contributed by atoms with Crippen molar-refractivity contribution in [3.63, 3.8) is 0 Å². The van der Waals surface area contributed by atoms with Gasteiger partial charge in [0.1, 0.15) is 11.5 Å². The Morgan fingerprint density at radius 1 is 1.00 bits per heavy atom. The summed E-state index contributed by atoms with van der Waals surface area (Å²) in [6.07, 6.45) is 3.31. The number of phenols is 2. The standard InChI is InChI=1S/C17H19NO2/c19-14-6-4-12(5-7-14)11-18-17-3-1-2-13-10-15(20)8-9-16(13)17/h4-10,17-20H,1-3,11H2. The summed E-state index contributed by atoms with van der Waals surface area (Å²) in [7, 11) is 0. The Kier molecular flexibility index (Phi) is 3.61. The van der Waals surface area contributed by atoms with Gasteiger partial charge in [-0.1, -0.05) is 18.2 Å². The minimum Gasteiger partial charge on any atom is -0.508 e. The van der Waals surface area contributed by atoms with Crippen LogP contribution in [0.15, 0.2) is 42.5 Å². The number of rotatable bonds is 3. The molecular weight excluding hydrogens is 250 g/mol. The summed E-state index contributed by atoms with van der Waals surface area (Å²) in [5.74, 6) is 0.648. The molecule has 0 aliphatic heterocycles. The van der Waals surface area contributed by atoms with E-state index in [1.807, 2.05) is 24.3 Å². The van der Waals surface area contributed by atoms with Gasteiger partial charge in [0.15, 0.2) is 0 Å². The summed E-state index contributed by atoms with van der Waals surface area (Å²) in [5.41, 5.74) is 3.71. The minimum absolute atomic E-state index is 0.298. The average Bonchev–Trinajstić information content (AvgIpc) is 2.46. The van der Waals surface area contributed by atoms with Crippen LogP contribution >= 0.6 is 0 Å². The molecule has 1 aliphatic rings. The van der Waals surface area contributed by atoms with E-state index >= 15 is 0 Å². The topological polar surface area (TPSA) is 52.5 Å². The highest BCUT2D eigenvalue weighted by Gasteiger charge is 2.19. The second-order valence-corrected chi connectivity index (χ2v) is 5.38. The van der Waals surface area contributed by atoms with Crippen molar-refractivity contribution in [1.82, 2.24) is 5.32 Å². The van der Waals surface area contributed by atoms with Gasteiger partial charge in [0.25, 0.3) is 0 Å². The molecule has 1 aliphatic carbocycles. The molecule has 0 amide bonds. The van der Waals surface area contributed by atoms with Crippen molar-refractivity contribution in [3.8, 4) is 11.5 Å². The number of nitrogens with one attached hydrogen (secondary N) is 1. The highest BCUT2D eigenvalue weighted by molar-refractivity contribution is 5.38. The maximum absolute atomic E-state index is 9.56. The van der Waals surface area contributed by atoms with Crippen molar-refractivity contribution in [1.29, 1.82) is 0 Å². The molecule has 0 fully saturated rings. The van der Waals surface area contributed by atoms with Gasteiger partial charge in [-0.2, -0.15) is 0 Å². The van der Waals surface area contributed by atoms with Gasteiger partial charge in [0.05, 0.1) is 0 Å². The van der Waals surface area contributed by atoms with Crippen LogP contribution in [0, 0.1) is 0 Å². The highest BCUT2D eigenvalue weighted by atomic mass is 16.3. The fourth-order valence-corrected chi connectivity index (χ4v) is 2.87. The molecule has 20 heavy (non-hydrogen) atoms. The van der Waals surface area contributed by atoms with E-state index in [2.05, 4.69) is 5.32 Å². The molecule has 0 aromatic heterocycles. The molecule has 3 N–H and O–H groups in total. The van der Waals surface area contributed by atoms with Crippen molar-refractivity contribution in [3.05, 3.63) is 59.2 Å². The molecule has 1 unspecified atom stereocenters. The van der Waals surface area contributed by atoms with Crippen LogP contribution in [0.3, 0.4) is 0 Å². The van der Waals surface area contributed by atoms with Gasteiger partial charge in [-0.15, -0.1) is 0 Å². The smallest absolute Gasteiger partial charge is 0.115 e. The molecule has 3 rings (SSSR count). The lowest BCUT2D eigenvalue weighted by molar-refractivity contribution is 0.449. The molecule has 0 radical (unpaired) electrons. The van der Waals surface area contributed by atoms with Gasteiger partial charge in [0.2, 0.25) is 0 Å². The van der Waals surface area contributed by atoms with Crippen LogP contribution in [0.25, 0.3) is 0 Å². The third-order valence-electron chi connectivity index (χ3n) is 3.93. The lowest BCUT2D eigenvalue weighted by atomic mass is 9.87. The van der Waals surface area contributed by atoms with Crippen LogP contribution < -0.4 is 5.32 Å². The Hall–Kier alpha value is -2.00. The number of hydrogen-bond donors (Lipinski definition) is 3. The maximum Gasteiger partial charge on any atom is 0.115 e. The van der Waals surface area contributed by atoms with Crippen molar-refractivity contribution in [2.45, 2.75) is 31.8 Å². The van der Waals surface area contributed by atoms with Crippen molar-refractivity contribution in [2.75, 3.05) is 0 Å². The number of aryl methyl sites for hydroxylation is 1. The largest absolute Gasteiger partial charge is 0.508 e. The molecule has 1 atom stereocenters. The third kappa shape index (κ3) is 2.78. The van der Waals surface area contributed by atoms with E-state index in [9.17, 15) is 10.2 Å². The number of aromatic hydroxyl groups is 2. The van der Waals surface area contributed by atoms with E-state index in [4.69, 9.17) is 0 Å². The fraction of sp³-hybridized carbons (Fsp3) is 0.294. The monoisotopic (exact) mass is 269 g/mol. The Morgan fingerprint density at radius 2 is 1.75 bits per heavy atom. The highest BCUT2D eigenvalue weighted by Crippen LogP contribution is 2.32.